The zero-order chi connectivity index (χ0) is 15.0. The first-order chi connectivity index (χ1) is 9.55. The SMILES string of the molecule is CCC(N)(CC)C(=O)Nc1cccc(OCCOC)c1. The molecule has 1 amide bonds. The van der Waals surface area contributed by atoms with Crippen LogP contribution in [-0.4, -0.2) is 31.8 Å². The molecular weight excluding hydrogens is 256 g/mol. The monoisotopic (exact) mass is 280 g/mol. The number of ether oxygens (including phenoxy) is 2. The summed E-state index contributed by atoms with van der Waals surface area (Å²) < 4.78 is 10.4. The van der Waals surface area contributed by atoms with Gasteiger partial charge in [0.05, 0.1) is 12.1 Å². The maximum atomic E-state index is 12.2. The summed E-state index contributed by atoms with van der Waals surface area (Å²) in [5, 5.41) is 2.84. The molecule has 1 rings (SSSR count). The molecule has 112 valence electrons. The van der Waals surface area contributed by atoms with Crippen LogP contribution in [0.25, 0.3) is 0 Å². The van der Waals surface area contributed by atoms with Gasteiger partial charge in [-0.15, -0.1) is 0 Å². The van der Waals surface area contributed by atoms with E-state index in [0.717, 1.165) is 0 Å². The van der Waals surface area contributed by atoms with E-state index in [1.54, 1.807) is 13.2 Å². The van der Waals surface area contributed by atoms with E-state index in [-0.39, 0.29) is 5.91 Å². The van der Waals surface area contributed by atoms with E-state index in [4.69, 9.17) is 15.2 Å². The first-order valence-corrected chi connectivity index (χ1v) is 6.88. The van der Waals surface area contributed by atoms with Crippen molar-refractivity contribution in [1.29, 1.82) is 0 Å². The molecule has 0 radical (unpaired) electrons. The van der Waals surface area contributed by atoms with Gasteiger partial charge >= 0.3 is 0 Å². The van der Waals surface area contributed by atoms with Gasteiger partial charge in [0.15, 0.2) is 0 Å². The third-order valence-corrected chi connectivity index (χ3v) is 3.36. The highest BCUT2D eigenvalue weighted by Gasteiger charge is 2.29. The lowest BCUT2D eigenvalue weighted by atomic mass is 9.93. The Morgan fingerprint density at radius 2 is 2.00 bits per heavy atom. The van der Waals surface area contributed by atoms with Gasteiger partial charge in [-0.05, 0) is 25.0 Å². The minimum absolute atomic E-state index is 0.170. The maximum Gasteiger partial charge on any atom is 0.244 e. The van der Waals surface area contributed by atoms with Crippen molar-refractivity contribution in [2.45, 2.75) is 32.2 Å². The largest absolute Gasteiger partial charge is 0.491 e. The number of nitrogens with one attached hydrogen (secondary N) is 1. The van der Waals surface area contributed by atoms with E-state index in [1.807, 2.05) is 32.0 Å². The molecule has 0 heterocycles. The van der Waals surface area contributed by atoms with E-state index in [2.05, 4.69) is 5.32 Å². The molecule has 0 bridgehead atoms. The molecule has 0 spiro atoms. The second kappa shape index (κ2) is 7.87. The third kappa shape index (κ3) is 4.51. The molecule has 0 aromatic heterocycles. The van der Waals surface area contributed by atoms with Crippen LogP contribution in [0.15, 0.2) is 24.3 Å². The fourth-order valence-corrected chi connectivity index (χ4v) is 1.73. The van der Waals surface area contributed by atoms with Gasteiger partial charge in [0.1, 0.15) is 12.4 Å². The van der Waals surface area contributed by atoms with E-state index >= 15 is 0 Å². The van der Waals surface area contributed by atoms with Gasteiger partial charge in [-0.2, -0.15) is 0 Å². The number of amides is 1. The molecule has 0 fully saturated rings. The van der Waals surface area contributed by atoms with Gasteiger partial charge in [-0.25, -0.2) is 0 Å². The summed E-state index contributed by atoms with van der Waals surface area (Å²) in [6, 6.07) is 7.25. The first-order valence-electron chi connectivity index (χ1n) is 6.88. The average Bonchev–Trinajstić information content (AvgIpc) is 2.47. The molecule has 3 N–H and O–H groups in total. The first kappa shape index (κ1) is 16.5. The Morgan fingerprint density at radius 3 is 2.60 bits per heavy atom. The summed E-state index contributed by atoms with van der Waals surface area (Å²) in [6.07, 6.45) is 1.19. The Hall–Kier alpha value is -1.59. The molecule has 20 heavy (non-hydrogen) atoms. The van der Waals surface area contributed by atoms with Crippen LogP contribution >= 0.6 is 0 Å². The Morgan fingerprint density at radius 1 is 1.30 bits per heavy atom. The van der Waals surface area contributed by atoms with Gasteiger partial charge in [0, 0.05) is 18.9 Å². The molecule has 0 saturated carbocycles. The molecule has 0 unspecified atom stereocenters. The summed E-state index contributed by atoms with van der Waals surface area (Å²) in [7, 11) is 1.62. The second-order valence-electron chi connectivity index (χ2n) is 4.69. The number of benzene rings is 1. The topological polar surface area (TPSA) is 73.6 Å². The van der Waals surface area contributed by atoms with Crippen molar-refractivity contribution < 1.29 is 14.3 Å². The quantitative estimate of drug-likeness (QED) is 0.716. The summed E-state index contributed by atoms with van der Waals surface area (Å²) in [5.74, 6) is 0.520. The molecule has 0 aliphatic heterocycles. The zero-order valence-corrected chi connectivity index (χ0v) is 12.4. The lowest BCUT2D eigenvalue weighted by molar-refractivity contribution is -0.121. The van der Waals surface area contributed by atoms with Gasteiger partial charge in [0.25, 0.3) is 0 Å². The van der Waals surface area contributed by atoms with Crippen molar-refractivity contribution in [3.8, 4) is 5.75 Å². The standard InChI is InChI=1S/C15H24N2O3/c1-4-15(16,5-2)14(18)17-12-7-6-8-13(11-12)20-10-9-19-3/h6-8,11H,4-5,9-10,16H2,1-3H3,(H,17,18). The van der Waals surface area contributed by atoms with E-state index < -0.39 is 5.54 Å². The molecule has 5 heteroatoms. The fourth-order valence-electron chi connectivity index (χ4n) is 1.73. The number of hydrogen-bond donors (Lipinski definition) is 2. The molecular formula is C15H24N2O3. The minimum atomic E-state index is -0.826. The molecule has 1 aromatic carbocycles. The van der Waals surface area contributed by atoms with Crippen LogP contribution in [0.5, 0.6) is 5.75 Å². The second-order valence-corrected chi connectivity index (χ2v) is 4.69. The van der Waals surface area contributed by atoms with E-state index in [9.17, 15) is 4.79 Å². The average molecular weight is 280 g/mol. The number of hydrogen-bond acceptors (Lipinski definition) is 4. The number of nitrogens with two attached hydrogens (primary N) is 1. The van der Waals surface area contributed by atoms with Crippen LogP contribution in [-0.2, 0) is 9.53 Å². The van der Waals surface area contributed by atoms with Crippen LogP contribution in [0.4, 0.5) is 5.69 Å². The smallest absolute Gasteiger partial charge is 0.244 e. The number of methoxy groups -OCH3 is 1. The molecule has 5 nitrogen and oxygen atoms in total. The van der Waals surface area contributed by atoms with Gasteiger partial charge in [-0.1, -0.05) is 19.9 Å². The summed E-state index contributed by atoms with van der Waals surface area (Å²) in [6.45, 7) is 4.81. The molecule has 0 aliphatic rings. The van der Waals surface area contributed by atoms with Crippen LogP contribution in [0.3, 0.4) is 0 Å². The summed E-state index contributed by atoms with van der Waals surface area (Å²) in [5.41, 5.74) is 5.92. The van der Waals surface area contributed by atoms with Crippen LogP contribution in [0, 0.1) is 0 Å². The Labute approximate surface area is 120 Å². The predicted molar refractivity (Wildman–Crippen MR) is 79.9 cm³/mol. The van der Waals surface area contributed by atoms with Crippen molar-refractivity contribution in [1.82, 2.24) is 0 Å². The lowest BCUT2D eigenvalue weighted by Gasteiger charge is -2.25. The van der Waals surface area contributed by atoms with Crippen LogP contribution in [0.1, 0.15) is 26.7 Å². The Kier molecular flexibility index (Phi) is 6.48. The highest BCUT2D eigenvalue weighted by molar-refractivity contribution is 5.98. The van der Waals surface area contributed by atoms with E-state index in [1.165, 1.54) is 0 Å². The predicted octanol–water partition coefficient (Wildman–Crippen LogP) is 2.17. The van der Waals surface area contributed by atoms with Crippen LogP contribution < -0.4 is 15.8 Å². The van der Waals surface area contributed by atoms with Crippen molar-refractivity contribution >= 4 is 11.6 Å². The summed E-state index contributed by atoms with van der Waals surface area (Å²) in [4.78, 5) is 12.2. The number of anilines is 1. The maximum absolute atomic E-state index is 12.2. The van der Waals surface area contributed by atoms with Crippen LogP contribution in [0.2, 0.25) is 0 Å². The normalized spacial score (nSPS) is 11.2. The third-order valence-electron chi connectivity index (χ3n) is 3.36. The van der Waals surface area contributed by atoms with Crippen molar-refractivity contribution in [2.24, 2.45) is 5.73 Å². The van der Waals surface area contributed by atoms with E-state index in [0.29, 0.717) is 37.5 Å². The highest BCUT2D eigenvalue weighted by Crippen LogP contribution is 2.20. The Bertz CT molecular complexity index is 431. The van der Waals surface area contributed by atoms with Gasteiger partial charge in [0.2, 0.25) is 5.91 Å². The lowest BCUT2D eigenvalue weighted by Crippen LogP contribution is -2.50. The molecule has 0 saturated heterocycles. The molecule has 0 atom stereocenters. The number of carbonyl (C=O) groups is 1. The summed E-state index contributed by atoms with van der Waals surface area (Å²) >= 11 is 0. The Balaban J connectivity index is 2.68. The number of carbonyl (C=O) groups excluding carboxylic acids is 1. The van der Waals surface area contributed by atoms with Crippen molar-refractivity contribution in [3.63, 3.8) is 0 Å². The molecule has 1 aromatic rings. The highest BCUT2D eigenvalue weighted by atomic mass is 16.5. The number of rotatable bonds is 8. The minimum Gasteiger partial charge on any atom is -0.491 e. The van der Waals surface area contributed by atoms with Gasteiger partial charge < -0.3 is 20.5 Å². The van der Waals surface area contributed by atoms with Crippen molar-refractivity contribution in [3.05, 3.63) is 24.3 Å². The van der Waals surface area contributed by atoms with Gasteiger partial charge in [-0.3, -0.25) is 4.79 Å². The van der Waals surface area contributed by atoms with Crippen molar-refractivity contribution in [2.75, 3.05) is 25.6 Å². The fraction of sp³-hybridized carbons (Fsp3) is 0.533. The zero-order valence-electron chi connectivity index (χ0n) is 12.4. The molecule has 0 aliphatic carbocycles.